The van der Waals surface area contributed by atoms with E-state index >= 15 is 0 Å². The molecule has 4 aromatic rings. The summed E-state index contributed by atoms with van der Waals surface area (Å²) in [6.07, 6.45) is -2.18. The van der Waals surface area contributed by atoms with Gasteiger partial charge in [-0.15, -0.1) is 0 Å². The molecule has 3 aliphatic heterocycles. The SMILES string of the molecule is N=C1N=C2C(N=C(Nc3ccc4ccc5cccc6ccc3c4c56)N2[C@H]2C[C@H](O)[C@@H](CO)O2)C(=O)N1. The third-order valence-electron chi connectivity index (χ3n) is 7.13. The van der Waals surface area contributed by atoms with E-state index in [9.17, 15) is 15.0 Å². The number of nitrogens with zero attached hydrogens (tertiary/aromatic N) is 3. The summed E-state index contributed by atoms with van der Waals surface area (Å²) >= 11 is 0. The van der Waals surface area contributed by atoms with Crippen LogP contribution in [-0.4, -0.2) is 69.9 Å². The van der Waals surface area contributed by atoms with Gasteiger partial charge >= 0.3 is 0 Å². The number of hydrogen-bond acceptors (Lipinski definition) is 8. The van der Waals surface area contributed by atoms with Crippen molar-refractivity contribution in [2.75, 3.05) is 11.9 Å². The number of ether oxygens (including phenoxy) is 1. The van der Waals surface area contributed by atoms with Crippen LogP contribution < -0.4 is 10.6 Å². The molecule has 180 valence electrons. The van der Waals surface area contributed by atoms with Crippen molar-refractivity contribution < 1.29 is 19.7 Å². The topological polar surface area (TPSA) is 143 Å². The predicted octanol–water partition coefficient (Wildman–Crippen LogP) is 1.97. The van der Waals surface area contributed by atoms with E-state index in [4.69, 9.17) is 10.1 Å². The number of anilines is 1. The van der Waals surface area contributed by atoms with E-state index in [1.807, 2.05) is 18.2 Å². The van der Waals surface area contributed by atoms with Crippen LogP contribution in [0.3, 0.4) is 0 Å². The number of fused-ring (bicyclic) bond motifs is 1. The van der Waals surface area contributed by atoms with E-state index < -0.39 is 30.4 Å². The number of hydrogen-bond donors (Lipinski definition) is 5. The molecule has 1 unspecified atom stereocenters. The fourth-order valence-electron chi connectivity index (χ4n) is 5.48. The van der Waals surface area contributed by atoms with Crippen LogP contribution in [-0.2, 0) is 9.53 Å². The summed E-state index contributed by atoms with van der Waals surface area (Å²) in [5, 5.41) is 40.4. The van der Waals surface area contributed by atoms with Crippen molar-refractivity contribution in [2.45, 2.75) is 30.9 Å². The molecule has 1 amide bonds. The van der Waals surface area contributed by atoms with E-state index in [1.54, 1.807) is 4.90 Å². The number of aliphatic hydroxyl groups is 2. The summed E-state index contributed by atoms with van der Waals surface area (Å²) in [6, 6.07) is 17.7. The van der Waals surface area contributed by atoms with Gasteiger partial charge in [0.05, 0.1) is 12.7 Å². The molecule has 4 aromatic carbocycles. The minimum atomic E-state index is -0.949. The fourth-order valence-corrected chi connectivity index (χ4v) is 5.48. The second-order valence-corrected chi connectivity index (χ2v) is 9.24. The van der Waals surface area contributed by atoms with Crippen molar-refractivity contribution in [3.63, 3.8) is 0 Å². The first-order valence-corrected chi connectivity index (χ1v) is 11.7. The number of aliphatic imine (C=N–C) groups is 2. The fraction of sp³-hybridized carbons (Fsp3) is 0.231. The zero-order chi connectivity index (χ0) is 24.6. The summed E-state index contributed by atoms with van der Waals surface area (Å²) in [4.78, 5) is 23.1. The highest BCUT2D eigenvalue weighted by atomic mass is 16.5. The Morgan fingerprint density at radius 3 is 2.56 bits per heavy atom. The van der Waals surface area contributed by atoms with Gasteiger partial charge in [0.1, 0.15) is 12.3 Å². The molecule has 0 saturated carbocycles. The highest BCUT2D eigenvalue weighted by Gasteiger charge is 2.48. The largest absolute Gasteiger partial charge is 0.394 e. The average molecular weight is 483 g/mol. The molecule has 4 atom stereocenters. The van der Waals surface area contributed by atoms with Gasteiger partial charge in [-0.05, 0) is 33.0 Å². The molecule has 0 radical (unpaired) electrons. The molecule has 3 aliphatic rings. The lowest BCUT2D eigenvalue weighted by molar-refractivity contribution is -0.119. The molecular formula is C26H22N6O4. The van der Waals surface area contributed by atoms with Gasteiger partial charge < -0.3 is 20.3 Å². The van der Waals surface area contributed by atoms with Crippen LogP contribution in [0.4, 0.5) is 5.69 Å². The number of aliphatic hydroxyl groups excluding tert-OH is 2. The molecular weight excluding hydrogens is 460 g/mol. The summed E-state index contributed by atoms with van der Waals surface area (Å²) in [6.45, 7) is -0.341. The second kappa shape index (κ2) is 7.69. The van der Waals surface area contributed by atoms with Crippen LogP contribution in [0.2, 0.25) is 0 Å². The van der Waals surface area contributed by atoms with E-state index in [0.29, 0.717) is 5.96 Å². The minimum Gasteiger partial charge on any atom is -0.394 e. The third kappa shape index (κ3) is 3.02. The van der Waals surface area contributed by atoms with Gasteiger partial charge in [0, 0.05) is 17.5 Å². The number of nitrogens with one attached hydrogen (secondary N) is 3. The number of carbonyl (C=O) groups is 1. The van der Waals surface area contributed by atoms with E-state index in [-0.39, 0.29) is 24.8 Å². The molecule has 0 aliphatic carbocycles. The van der Waals surface area contributed by atoms with Crippen LogP contribution >= 0.6 is 0 Å². The third-order valence-corrected chi connectivity index (χ3v) is 7.13. The molecule has 10 heteroatoms. The normalized spacial score (nSPS) is 26.0. The Labute approximate surface area is 204 Å². The minimum absolute atomic E-state index is 0.186. The average Bonchev–Trinajstić information content (AvgIpc) is 3.42. The molecule has 36 heavy (non-hydrogen) atoms. The molecule has 3 heterocycles. The first-order chi connectivity index (χ1) is 17.5. The van der Waals surface area contributed by atoms with Crippen molar-refractivity contribution in [3.8, 4) is 0 Å². The summed E-state index contributed by atoms with van der Waals surface area (Å²) in [5.74, 6) is -0.165. The van der Waals surface area contributed by atoms with Gasteiger partial charge in [-0.1, -0.05) is 48.5 Å². The van der Waals surface area contributed by atoms with Crippen molar-refractivity contribution in [1.29, 1.82) is 5.41 Å². The predicted molar refractivity (Wildman–Crippen MR) is 137 cm³/mol. The van der Waals surface area contributed by atoms with Crippen molar-refractivity contribution in [1.82, 2.24) is 10.2 Å². The highest BCUT2D eigenvalue weighted by Crippen LogP contribution is 2.38. The second-order valence-electron chi connectivity index (χ2n) is 9.24. The number of amides is 1. The maximum atomic E-state index is 12.6. The maximum absolute atomic E-state index is 12.6. The van der Waals surface area contributed by atoms with Gasteiger partial charge in [0.2, 0.25) is 11.9 Å². The number of benzene rings is 4. The Morgan fingerprint density at radius 1 is 1.08 bits per heavy atom. The lowest BCUT2D eigenvalue weighted by atomic mass is 9.93. The summed E-state index contributed by atoms with van der Waals surface area (Å²) in [5.41, 5.74) is 0.788. The van der Waals surface area contributed by atoms with Gasteiger partial charge in [0.15, 0.2) is 11.9 Å². The number of amidine groups is 1. The van der Waals surface area contributed by atoms with Crippen LogP contribution in [0.15, 0.2) is 64.6 Å². The standard InChI is InChI=1S/C26H22N6O4/c27-25-30-23-22(24(35)31-25)29-26(32(23)19-10-17(34)18(11-33)36-19)28-16-9-7-14-5-4-12-2-1-3-13-6-8-15(16)21(14)20(12)13/h1-9,17-19,22,33-34H,10-11H2,(H,28,29)(H2,27,31,35)/t17-,18+,19+,22?/m0/s1. The van der Waals surface area contributed by atoms with Crippen molar-refractivity contribution >= 4 is 61.7 Å². The van der Waals surface area contributed by atoms with Crippen LogP contribution in [0.5, 0.6) is 0 Å². The lowest BCUT2D eigenvalue weighted by Crippen LogP contribution is -2.52. The Hall–Kier alpha value is -4.12. The molecule has 0 spiro atoms. The molecule has 1 fully saturated rings. The Kier molecular flexibility index (Phi) is 4.53. The monoisotopic (exact) mass is 482 g/mol. The molecule has 7 rings (SSSR count). The zero-order valence-electron chi connectivity index (χ0n) is 19.0. The quantitative estimate of drug-likeness (QED) is 0.283. The van der Waals surface area contributed by atoms with Gasteiger partial charge in [-0.25, -0.2) is 4.99 Å². The smallest absolute Gasteiger partial charge is 0.259 e. The zero-order valence-corrected chi connectivity index (χ0v) is 19.0. The molecule has 0 bridgehead atoms. The van der Waals surface area contributed by atoms with Gasteiger partial charge in [-0.3, -0.25) is 20.4 Å². The Morgan fingerprint density at radius 2 is 1.81 bits per heavy atom. The van der Waals surface area contributed by atoms with Crippen molar-refractivity contribution in [2.24, 2.45) is 9.98 Å². The summed E-state index contributed by atoms with van der Waals surface area (Å²) in [7, 11) is 0. The van der Waals surface area contributed by atoms with Crippen LogP contribution in [0.1, 0.15) is 6.42 Å². The summed E-state index contributed by atoms with van der Waals surface area (Å²) < 4.78 is 5.90. The van der Waals surface area contributed by atoms with Gasteiger partial charge in [-0.2, -0.15) is 4.99 Å². The number of guanidine groups is 2. The first kappa shape index (κ1) is 21.2. The van der Waals surface area contributed by atoms with E-state index in [0.717, 1.165) is 32.6 Å². The molecule has 0 aromatic heterocycles. The van der Waals surface area contributed by atoms with Crippen molar-refractivity contribution in [3.05, 3.63) is 54.6 Å². The molecule has 5 N–H and O–H groups in total. The van der Waals surface area contributed by atoms with E-state index in [1.165, 1.54) is 5.39 Å². The maximum Gasteiger partial charge on any atom is 0.259 e. The first-order valence-electron chi connectivity index (χ1n) is 11.7. The van der Waals surface area contributed by atoms with Crippen LogP contribution in [0, 0.1) is 5.41 Å². The van der Waals surface area contributed by atoms with Gasteiger partial charge in [0.25, 0.3) is 5.91 Å². The molecule has 1 saturated heterocycles. The number of carbonyl (C=O) groups excluding carboxylic acids is 1. The van der Waals surface area contributed by atoms with Crippen LogP contribution in [0.25, 0.3) is 32.3 Å². The molecule has 10 nitrogen and oxygen atoms in total. The number of rotatable bonds is 3. The van der Waals surface area contributed by atoms with E-state index in [2.05, 4.69) is 57.0 Å². The highest BCUT2D eigenvalue weighted by molar-refractivity contribution is 6.29. The Balaban J connectivity index is 1.35. The lowest BCUT2D eigenvalue weighted by Gasteiger charge is -2.29. The Bertz CT molecular complexity index is 1620.